The zero-order valence-corrected chi connectivity index (χ0v) is 18.1. The molecular formula is C23H22O12. The van der Waals surface area contributed by atoms with Gasteiger partial charge in [-0.3, -0.25) is 9.59 Å². The molecule has 1 heterocycles. The van der Waals surface area contributed by atoms with Crippen molar-refractivity contribution in [3.05, 3.63) is 51.6 Å². The van der Waals surface area contributed by atoms with Gasteiger partial charge in [0.25, 0.3) is 0 Å². The SMILES string of the molecule is C=C(O)c1c(O)cc2c(c1C)C(=O)c1c(O)c(C3OC(CO)C(O)C(O)C3O)c(O)c(O)c1C2=O. The number of carbonyl (C=O) groups excluding carboxylic acids is 2. The fraction of sp³-hybridized carbons (Fsp3) is 0.304. The number of phenolic OH excluding ortho intramolecular Hbond substituents is 4. The molecule has 1 fully saturated rings. The van der Waals surface area contributed by atoms with Gasteiger partial charge in [0.15, 0.2) is 23.1 Å². The fourth-order valence-corrected chi connectivity index (χ4v) is 4.68. The van der Waals surface area contributed by atoms with E-state index in [0.717, 1.165) is 6.07 Å². The molecule has 35 heavy (non-hydrogen) atoms. The Labute approximate surface area is 196 Å². The fourth-order valence-electron chi connectivity index (χ4n) is 4.68. The predicted octanol–water partition coefficient (Wildman–Crippen LogP) is -0.364. The molecule has 186 valence electrons. The number of fused-ring (bicyclic) bond motifs is 2. The predicted molar refractivity (Wildman–Crippen MR) is 116 cm³/mol. The minimum atomic E-state index is -1.99. The molecule has 9 N–H and O–H groups in total. The number of aromatic hydroxyl groups is 4. The molecule has 4 rings (SSSR count). The molecule has 0 aromatic heterocycles. The molecule has 2 aromatic carbocycles. The van der Waals surface area contributed by atoms with Crippen molar-refractivity contribution in [2.75, 3.05) is 6.61 Å². The highest BCUT2D eigenvalue weighted by Gasteiger charge is 2.48. The van der Waals surface area contributed by atoms with Gasteiger partial charge in [0, 0.05) is 11.1 Å². The van der Waals surface area contributed by atoms with Gasteiger partial charge in [-0.1, -0.05) is 6.58 Å². The summed E-state index contributed by atoms with van der Waals surface area (Å²) in [4.78, 5) is 26.7. The molecule has 0 bridgehead atoms. The lowest BCUT2D eigenvalue weighted by atomic mass is 9.77. The first-order valence-corrected chi connectivity index (χ1v) is 10.3. The van der Waals surface area contributed by atoms with Crippen LogP contribution in [0.5, 0.6) is 23.0 Å². The van der Waals surface area contributed by atoms with Gasteiger partial charge < -0.3 is 50.7 Å². The van der Waals surface area contributed by atoms with Crippen molar-refractivity contribution >= 4 is 17.3 Å². The second kappa shape index (κ2) is 8.22. The second-order valence-corrected chi connectivity index (χ2v) is 8.38. The Morgan fingerprint density at radius 3 is 2.09 bits per heavy atom. The first kappa shape index (κ1) is 24.4. The van der Waals surface area contributed by atoms with Crippen LogP contribution in [0, 0.1) is 6.92 Å². The highest BCUT2D eigenvalue weighted by Crippen LogP contribution is 2.52. The van der Waals surface area contributed by atoms with Crippen LogP contribution in [0.3, 0.4) is 0 Å². The number of ketones is 2. The molecule has 0 spiro atoms. The van der Waals surface area contributed by atoms with Crippen LogP contribution in [-0.4, -0.2) is 88.5 Å². The van der Waals surface area contributed by atoms with Crippen molar-refractivity contribution < 1.29 is 60.3 Å². The summed E-state index contributed by atoms with van der Waals surface area (Å²) in [5.74, 6) is -6.64. The molecule has 12 nitrogen and oxygen atoms in total. The van der Waals surface area contributed by atoms with Crippen molar-refractivity contribution in [1.29, 1.82) is 0 Å². The molecule has 0 saturated carbocycles. The number of ether oxygens (including phenoxy) is 1. The maximum Gasteiger partial charge on any atom is 0.198 e. The number of phenols is 4. The van der Waals surface area contributed by atoms with E-state index >= 15 is 0 Å². The third-order valence-electron chi connectivity index (χ3n) is 6.41. The number of aliphatic hydroxyl groups is 5. The van der Waals surface area contributed by atoms with E-state index in [1.54, 1.807) is 0 Å². The molecule has 5 atom stereocenters. The quantitative estimate of drug-likeness (QED) is 0.130. The van der Waals surface area contributed by atoms with Crippen LogP contribution in [0.4, 0.5) is 0 Å². The third kappa shape index (κ3) is 3.26. The molecule has 2 aromatic rings. The average molecular weight is 490 g/mol. The number of carbonyl (C=O) groups is 2. The molecule has 5 unspecified atom stereocenters. The van der Waals surface area contributed by atoms with E-state index in [1.165, 1.54) is 6.92 Å². The summed E-state index contributed by atoms with van der Waals surface area (Å²) in [6, 6.07) is 0.876. The van der Waals surface area contributed by atoms with Crippen molar-refractivity contribution in [3.8, 4) is 23.0 Å². The summed E-state index contributed by atoms with van der Waals surface area (Å²) in [6.45, 7) is 3.78. The van der Waals surface area contributed by atoms with Gasteiger partial charge >= 0.3 is 0 Å². The van der Waals surface area contributed by atoms with Crippen molar-refractivity contribution in [1.82, 2.24) is 0 Å². The van der Waals surface area contributed by atoms with Gasteiger partial charge in [-0.15, -0.1) is 0 Å². The zero-order valence-electron chi connectivity index (χ0n) is 18.1. The minimum Gasteiger partial charge on any atom is -0.508 e. The van der Waals surface area contributed by atoms with E-state index in [-0.39, 0.29) is 22.3 Å². The summed E-state index contributed by atoms with van der Waals surface area (Å²) in [5, 5.41) is 92.3. The van der Waals surface area contributed by atoms with E-state index in [9.17, 15) is 55.5 Å². The summed E-state index contributed by atoms with van der Waals surface area (Å²) >= 11 is 0. The number of aliphatic hydroxyl groups excluding tert-OH is 5. The number of hydrogen-bond acceptors (Lipinski definition) is 12. The monoisotopic (exact) mass is 490 g/mol. The minimum absolute atomic E-state index is 0.0575. The summed E-state index contributed by atoms with van der Waals surface area (Å²) in [7, 11) is 0. The van der Waals surface area contributed by atoms with Gasteiger partial charge in [0.05, 0.1) is 28.9 Å². The van der Waals surface area contributed by atoms with Gasteiger partial charge in [0.1, 0.15) is 47.8 Å². The van der Waals surface area contributed by atoms with Crippen molar-refractivity contribution in [2.24, 2.45) is 0 Å². The smallest absolute Gasteiger partial charge is 0.198 e. The second-order valence-electron chi connectivity index (χ2n) is 8.38. The molecule has 0 radical (unpaired) electrons. The Morgan fingerprint density at radius 1 is 0.914 bits per heavy atom. The van der Waals surface area contributed by atoms with Crippen molar-refractivity contribution in [3.63, 3.8) is 0 Å². The largest absolute Gasteiger partial charge is 0.508 e. The van der Waals surface area contributed by atoms with Gasteiger partial charge in [-0.05, 0) is 18.6 Å². The molecule has 0 amide bonds. The van der Waals surface area contributed by atoms with Crippen LogP contribution in [0.15, 0.2) is 12.6 Å². The van der Waals surface area contributed by atoms with E-state index in [2.05, 4.69) is 6.58 Å². The topological polar surface area (TPSA) is 225 Å². The standard InChI is InChI=1S/C23H22O12/c1-5-10(6(2)25)8(26)3-7-11(5)17(29)13-12(15(7)27)19(31)20(32)14(18(13)30)23-22(34)21(33)16(28)9(4-24)35-23/h3,9,16,21-26,28,30-34H,2,4H2,1H3. The molecule has 2 aliphatic rings. The molecule has 1 aliphatic heterocycles. The maximum atomic E-state index is 13.5. The van der Waals surface area contributed by atoms with Crippen LogP contribution in [0.2, 0.25) is 0 Å². The van der Waals surface area contributed by atoms with E-state index in [1.807, 2.05) is 0 Å². The highest BCUT2D eigenvalue weighted by atomic mass is 16.5. The van der Waals surface area contributed by atoms with Gasteiger partial charge in [-0.2, -0.15) is 0 Å². The van der Waals surface area contributed by atoms with Crippen molar-refractivity contribution in [2.45, 2.75) is 37.4 Å². The molecule has 1 aliphatic carbocycles. The highest BCUT2D eigenvalue weighted by molar-refractivity contribution is 6.31. The average Bonchev–Trinajstić information content (AvgIpc) is 2.79. The van der Waals surface area contributed by atoms with Crippen LogP contribution < -0.4 is 0 Å². The Kier molecular flexibility index (Phi) is 5.74. The van der Waals surface area contributed by atoms with Gasteiger partial charge in [0.2, 0.25) is 0 Å². The van der Waals surface area contributed by atoms with E-state index < -0.39 is 94.1 Å². The third-order valence-corrected chi connectivity index (χ3v) is 6.41. The normalized spacial score (nSPS) is 25.8. The van der Waals surface area contributed by atoms with Crippen LogP contribution in [0.25, 0.3) is 5.76 Å². The van der Waals surface area contributed by atoms with Crippen LogP contribution in [0.1, 0.15) is 54.6 Å². The van der Waals surface area contributed by atoms with E-state index in [4.69, 9.17) is 4.74 Å². The zero-order chi connectivity index (χ0) is 26.1. The lowest BCUT2D eigenvalue weighted by molar-refractivity contribution is -0.232. The summed E-state index contributed by atoms with van der Waals surface area (Å²) in [6.07, 6.45) is -8.97. The Morgan fingerprint density at radius 2 is 1.51 bits per heavy atom. The van der Waals surface area contributed by atoms with E-state index in [0.29, 0.717) is 0 Å². The Balaban J connectivity index is 1.99. The van der Waals surface area contributed by atoms with Crippen LogP contribution >= 0.6 is 0 Å². The maximum absolute atomic E-state index is 13.5. The molecular weight excluding hydrogens is 468 g/mol. The summed E-state index contributed by atoms with van der Waals surface area (Å²) < 4.78 is 5.33. The Hall–Kier alpha value is -3.68. The number of rotatable bonds is 3. The lowest BCUT2D eigenvalue weighted by Crippen LogP contribution is -2.55. The van der Waals surface area contributed by atoms with Gasteiger partial charge in [-0.25, -0.2) is 0 Å². The summed E-state index contributed by atoms with van der Waals surface area (Å²) in [5.41, 5.74) is -3.33. The number of benzene rings is 2. The first-order valence-electron chi connectivity index (χ1n) is 10.3. The molecule has 12 heteroatoms. The lowest BCUT2D eigenvalue weighted by Gasteiger charge is -2.40. The number of hydrogen-bond donors (Lipinski definition) is 9. The first-order chi connectivity index (χ1) is 16.3. The Bertz CT molecular complexity index is 1290. The molecule has 1 saturated heterocycles. The van der Waals surface area contributed by atoms with Crippen LogP contribution in [-0.2, 0) is 4.74 Å².